The van der Waals surface area contributed by atoms with E-state index in [-0.39, 0.29) is 18.9 Å². The molecule has 186 valence electrons. The van der Waals surface area contributed by atoms with Gasteiger partial charge >= 0.3 is 6.09 Å². The molecule has 1 aromatic heterocycles. The Morgan fingerprint density at radius 1 is 1.17 bits per heavy atom. The van der Waals surface area contributed by atoms with Gasteiger partial charge in [0.2, 0.25) is 6.41 Å². The normalized spacial score (nSPS) is 19.8. The molecule has 2 N–H and O–H groups in total. The third kappa shape index (κ3) is 5.75. The van der Waals surface area contributed by atoms with Gasteiger partial charge in [-0.15, -0.1) is 0 Å². The molecule has 2 aliphatic heterocycles. The Labute approximate surface area is 211 Å². The summed E-state index contributed by atoms with van der Waals surface area (Å²) in [6, 6.07) is 8.20. The highest BCUT2D eigenvalue weighted by Gasteiger charge is 2.44. The number of carbonyl (C=O) groups excluding carboxylic acids is 4. The number of amides is 4. The Morgan fingerprint density at radius 2 is 1.94 bits per heavy atom. The SMILES string of the molecule is Cc1cc(NC(=O)C2(NC(=O)Oc3ccc(Cl)s3)CCOC2)ccc1C(=O)N1CCN(C=O)CC1. The summed E-state index contributed by atoms with van der Waals surface area (Å²) in [5.74, 6) is -0.565. The van der Waals surface area contributed by atoms with Crippen molar-refractivity contribution in [2.75, 3.05) is 44.7 Å². The Kier molecular flexibility index (Phi) is 7.58. The van der Waals surface area contributed by atoms with E-state index in [4.69, 9.17) is 21.1 Å². The first-order chi connectivity index (χ1) is 16.8. The third-order valence-corrected chi connectivity index (χ3v) is 7.11. The minimum absolute atomic E-state index is 0.00144. The molecule has 0 aliphatic carbocycles. The molecule has 2 saturated heterocycles. The number of hydrogen-bond donors (Lipinski definition) is 2. The van der Waals surface area contributed by atoms with E-state index in [1.54, 1.807) is 47.1 Å². The van der Waals surface area contributed by atoms with Gasteiger partial charge in [-0.1, -0.05) is 22.9 Å². The van der Waals surface area contributed by atoms with Crippen LogP contribution in [0.5, 0.6) is 5.06 Å². The molecule has 2 aromatic rings. The summed E-state index contributed by atoms with van der Waals surface area (Å²) in [6.07, 6.45) is 0.288. The van der Waals surface area contributed by atoms with Crippen molar-refractivity contribution < 1.29 is 28.7 Å². The van der Waals surface area contributed by atoms with Crippen LogP contribution in [-0.2, 0) is 14.3 Å². The summed E-state index contributed by atoms with van der Waals surface area (Å²) in [5.41, 5.74) is 0.419. The minimum Gasteiger partial charge on any atom is -0.399 e. The molecule has 2 fully saturated rings. The molecular formula is C23H25ClN4O6S. The number of ether oxygens (including phenoxy) is 2. The second kappa shape index (κ2) is 10.6. The van der Waals surface area contributed by atoms with Crippen LogP contribution in [0.3, 0.4) is 0 Å². The van der Waals surface area contributed by atoms with Crippen LogP contribution in [0.2, 0.25) is 4.34 Å². The van der Waals surface area contributed by atoms with Gasteiger partial charge in [0.05, 0.1) is 10.9 Å². The fourth-order valence-electron chi connectivity index (χ4n) is 4.00. The predicted molar refractivity (Wildman–Crippen MR) is 130 cm³/mol. The molecule has 1 aromatic carbocycles. The average molecular weight is 521 g/mol. The molecule has 0 saturated carbocycles. The Balaban J connectivity index is 1.41. The van der Waals surface area contributed by atoms with Crippen molar-refractivity contribution in [1.29, 1.82) is 0 Å². The van der Waals surface area contributed by atoms with Crippen LogP contribution in [0.1, 0.15) is 22.3 Å². The maximum atomic E-state index is 13.2. The topological polar surface area (TPSA) is 117 Å². The van der Waals surface area contributed by atoms with Crippen molar-refractivity contribution in [3.63, 3.8) is 0 Å². The second-order valence-electron chi connectivity index (χ2n) is 8.38. The van der Waals surface area contributed by atoms with Crippen molar-refractivity contribution in [3.05, 3.63) is 45.8 Å². The van der Waals surface area contributed by atoms with Crippen molar-refractivity contribution in [1.82, 2.24) is 15.1 Å². The first-order valence-corrected chi connectivity index (χ1v) is 12.2. The molecule has 10 nitrogen and oxygen atoms in total. The fourth-order valence-corrected chi connectivity index (χ4v) is 4.87. The zero-order valence-electron chi connectivity index (χ0n) is 19.0. The quantitative estimate of drug-likeness (QED) is 0.565. The number of anilines is 1. The predicted octanol–water partition coefficient (Wildman–Crippen LogP) is 2.51. The smallest absolute Gasteiger partial charge is 0.399 e. The zero-order valence-corrected chi connectivity index (χ0v) is 20.6. The number of benzene rings is 1. The Bertz CT molecular complexity index is 1120. The van der Waals surface area contributed by atoms with Crippen LogP contribution in [0.15, 0.2) is 30.3 Å². The molecule has 35 heavy (non-hydrogen) atoms. The van der Waals surface area contributed by atoms with E-state index in [0.29, 0.717) is 59.0 Å². The number of thiophene rings is 1. The molecule has 0 bridgehead atoms. The summed E-state index contributed by atoms with van der Waals surface area (Å²) in [7, 11) is 0. The number of carbonyl (C=O) groups is 4. The third-order valence-electron chi connectivity index (χ3n) is 6.00. The van der Waals surface area contributed by atoms with Gasteiger partial charge in [0, 0.05) is 50.5 Å². The van der Waals surface area contributed by atoms with Crippen LogP contribution >= 0.6 is 22.9 Å². The van der Waals surface area contributed by atoms with Gasteiger partial charge in [-0.05, 0) is 42.8 Å². The maximum Gasteiger partial charge on any atom is 0.414 e. The number of halogens is 1. The Morgan fingerprint density at radius 3 is 2.54 bits per heavy atom. The molecule has 2 aliphatic rings. The van der Waals surface area contributed by atoms with Crippen molar-refractivity contribution in [3.8, 4) is 5.06 Å². The molecule has 4 amide bonds. The van der Waals surface area contributed by atoms with E-state index in [1.807, 2.05) is 0 Å². The number of hydrogen-bond acceptors (Lipinski definition) is 7. The number of aryl methyl sites for hydroxylation is 1. The number of nitrogens with zero attached hydrogens (tertiary/aromatic N) is 2. The molecule has 0 spiro atoms. The van der Waals surface area contributed by atoms with Crippen LogP contribution in [0, 0.1) is 6.92 Å². The van der Waals surface area contributed by atoms with Gasteiger partial charge in [-0.3, -0.25) is 14.4 Å². The minimum atomic E-state index is -1.29. The monoisotopic (exact) mass is 520 g/mol. The molecule has 0 radical (unpaired) electrons. The van der Waals surface area contributed by atoms with Gasteiger partial charge in [0.25, 0.3) is 11.8 Å². The van der Waals surface area contributed by atoms with Crippen LogP contribution in [-0.4, -0.2) is 79.0 Å². The van der Waals surface area contributed by atoms with Gasteiger partial charge in [0.1, 0.15) is 5.54 Å². The first kappa shape index (κ1) is 25.0. The summed E-state index contributed by atoms with van der Waals surface area (Å²) >= 11 is 6.97. The highest BCUT2D eigenvalue weighted by atomic mass is 35.5. The molecule has 1 unspecified atom stereocenters. The van der Waals surface area contributed by atoms with Crippen LogP contribution < -0.4 is 15.4 Å². The summed E-state index contributed by atoms with van der Waals surface area (Å²) in [6.45, 7) is 4.04. The molecule has 4 rings (SSSR count). The van der Waals surface area contributed by atoms with E-state index in [2.05, 4.69) is 10.6 Å². The van der Waals surface area contributed by atoms with Crippen LogP contribution in [0.4, 0.5) is 10.5 Å². The zero-order chi connectivity index (χ0) is 25.0. The van der Waals surface area contributed by atoms with Gasteiger partial charge in [-0.25, -0.2) is 4.79 Å². The number of nitrogens with one attached hydrogen (secondary N) is 2. The standard InChI is InChI=1S/C23H25ClN4O6S/c1-15-12-16(2-3-17(15)20(30)28-9-7-27(14-29)8-10-28)25-21(31)23(6-11-33-13-23)26-22(32)34-19-5-4-18(24)35-19/h2-5,12,14H,6-11,13H2,1H3,(H,25,31)(H,26,32). The first-order valence-electron chi connectivity index (χ1n) is 11.0. The van der Waals surface area contributed by atoms with Crippen molar-refractivity contribution in [2.24, 2.45) is 0 Å². The number of rotatable bonds is 6. The lowest BCUT2D eigenvalue weighted by Gasteiger charge is -2.33. The van der Waals surface area contributed by atoms with Gasteiger partial charge in [-0.2, -0.15) is 0 Å². The second-order valence-corrected chi connectivity index (χ2v) is 10.1. The lowest BCUT2D eigenvalue weighted by molar-refractivity contribution is -0.122. The van der Waals surface area contributed by atoms with Crippen molar-refractivity contribution in [2.45, 2.75) is 18.9 Å². The summed E-state index contributed by atoms with van der Waals surface area (Å²) < 4.78 is 11.1. The lowest BCUT2D eigenvalue weighted by Crippen LogP contribution is -2.58. The van der Waals surface area contributed by atoms with E-state index in [9.17, 15) is 19.2 Å². The summed E-state index contributed by atoms with van der Waals surface area (Å²) in [5, 5.41) is 5.77. The summed E-state index contributed by atoms with van der Waals surface area (Å²) in [4.78, 5) is 52.8. The van der Waals surface area contributed by atoms with Gasteiger partial charge < -0.3 is 29.9 Å². The highest BCUT2D eigenvalue weighted by molar-refractivity contribution is 7.17. The highest BCUT2D eigenvalue weighted by Crippen LogP contribution is 2.29. The fraction of sp³-hybridized carbons (Fsp3) is 0.391. The van der Waals surface area contributed by atoms with E-state index < -0.39 is 17.5 Å². The van der Waals surface area contributed by atoms with Gasteiger partial charge in [0.15, 0.2) is 5.06 Å². The maximum absolute atomic E-state index is 13.2. The lowest BCUT2D eigenvalue weighted by atomic mass is 9.97. The largest absolute Gasteiger partial charge is 0.414 e. The molecule has 12 heteroatoms. The molecule has 1 atom stereocenters. The molecule has 3 heterocycles. The van der Waals surface area contributed by atoms with E-state index in [0.717, 1.165) is 17.7 Å². The Hall–Kier alpha value is -3.15. The average Bonchev–Trinajstić information content (AvgIpc) is 3.48. The van der Waals surface area contributed by atoms with E-state index >= 15 is 0 Å². The van der Waals surface area contributed by atoms with Crippen LogP contribution in [0.25, 0.3) is 0 Å². The van der Waals surface area contributed by atoms with E-state index in [1.165, 1.54) is 0 Å². The van der Waals surface area contributed by atoms with Crippen molar-refractivity contribution >= 4 is 52.9 Å². The molecular weight excluding hydrogens is 496 g/mol. The number of piperazine rings is 1.